The maximum absolute atomic E-state index is 5.33. The van der Waals surface area contributed by atoms with Gasteiger partial charge in [-0.05, 0) is 18.6 Å². The lowest BCUT2D eigenvalue weighted by atomic mass is 10.1. The molecule has 1 heterocycles. The molecule has 0 aliphatic rings. The summed E-state index contributed by atoms with van der Waals surface area (Å²) < 4.78 is 5.91. The van der Waals surface area contributed by atoms with Gasteiger partial charge in [-0.25, -0.2) is 4.98 Å². The molecule has 1 N–H and O–H groups in total. The monoisotopic (exact) mass is 246 g/mol. The van der Waals surface area contributed by atoms with E-state index in [-0.39, 0.29) is 0 Å². The highest BCUT2D eigenvalue weighted by molar-refractivity contribution is 7.71. The molecule has 88 valence electrons. The molecule has 0 aliphatic carbocycles. The van der Waals surface area contributed by atoms with Gasteiger partial charge in [-0.2, -0.15) is 0 Å². The lowest BCUT2D eigenvalue weighted by molar-refractivity contribution is 0.128. The Hall–Kier alpha value is -1.52. The van der Waals surface area contributed by atoms with E-state index >= 15 is 0 Å². The Morgan fingerprint density at radius 2 is 2.06 bits per heavy atom. The molecule has 4 heteroatoms. The second-order valence-electron chi connectivity index (χ2n) is 3.58. The molecule has 0 radical (unpaired) electrons. The zero-order valence-corrected chi connectivity index (χ0v) is 10.5. The molecule has 0 amide bonds. The number of benzene rings is 1. The van der Waals surface area contributed by atoms with Crippen molar-refractivity contribution in [1.82, 2.24) is 9.97 Å². The third-order valence-electron chi connectivity index (χ3n) is 2.32. The molecule has 0 unspecified atom stereocenters. The van der Waals surface area contributed by atoms with Crippen LogP contribution in [-0.2, 0) is 11.3 Å². The Balaban J connectivity index is 2.35. The highest BCUT2D eigenvalue weighted by Gasteiger charge is 2.01. The maximum Gasteiger partial charge on any atom is 0.134 e. The molecule has 1 aromatic heterocycles. The fourth-order valence-electron chi connectivity index (χ4n) is 1.55. The second-order valence-corrected chi connectivity index (χ2v) is 4.00. The first kappa shape index (κ1) is 12.0. The quantitative estimate of drug-likeness (QED) is 0.841. The summed E-state index contributed by atoms with van der Waals surface area (Å²) in [5.41, 5.74) is 2.07. The first-order valence-corrected chi connectivity index (χ1v) is 5.94. The van der Waals surface area contributed by atoms with Crippen molar-refractivity contribution in [2.45, 2.75) is 13.5 Å². The summed E-state index contributed by atoms with van der Waals surface area (Å²) in [5.74, 6) is 0.762. The third kappa shape index (κ3) is 3.22. The minimum atomic E-state index is 0.459. The van der Waals surface area contributed by atoms with E-state index in [1.54, 1.807) is 0 Å². The highest BCUT2D eigenvalue weighted by Crippen LogP contribution is 2.16. The van der Waals surface area contributed by atoms with E-state index in [2.05, 4.69) is 9.97 Å². The number of hydrogen-bond acceptors (Lipinski definition) is 3. The second kappa shape index (κ2) is 5.70. The standard InChI is InChI=1S/C13H14N2OS/c1-2-16-9-12-14-11(8-13(17)15-12)10-6-4-3-5-7-10/h3-8H,2,9H2,1H3,(H,14,15,17). The first-order chi connectivity index (χ1) is 8.29. The van der Waals surface area contributed by atoms with Crippen LogP contribution in [0.4, 0.5) is 0 Å². The van der Waals surface area contributed by atoms with Gasteiger partial charge in [-0.3, -0.25) is 0 Å². The van der Waals surface area contributed by atoms with Crippen LogP contribution in [0.2, 0.25) is 0 Å². The average molecular weight is 246 g/mol. The molecular formula is C13H14N2OS. The molecule has 0 bridgehead atoms. The van der Waals surface area contributed by atoms with Gasteiger partial charge >= 0.3 is 0 Å². The van der Waals surface area contributed by atoms with Crippen LogP contribution in [0.25, 0.3) is 11.3 Å². The summed E-state index contributed by atoms with van der Waals surface area (Å²) in [6, 6.07) is 11.9. The average Bonchev–Trinajstić information content (AvgIpc) is 2.37. The van der Waals surface area contributed by atoms with Crippen LogP contribution >= 0.6 is 12.2 Å². The molecular weight excluding hydrogens is 232 g/mol. The largest absolute Gasteiger partial charge is 0.374 e. The molecule has 0 saturated carbocycles. The van der Waals surface area contributed by atoms with Crippen LogP contribution in [0.15, 0.2) is 36.4 Å². The zero-order valence-electron chi connectivity index (χ0n) is 9.64. The van der Waals surface area contributed by atoms with E-state index in [1.807, 2.05) is 43.3 Å². The van der Waals surface area contributed by atoms with Crippen molar-refractivity contribution >= 4 is 12.2 Å². The normalized spacial score (nSPS) is 10.4. The first-order valence-electron chi connectivity index (χ1n) is 5.53. The molecule has 3 nitrogen and oxygen atoms in total. The van der Waals surface area contributed by atoms with Crippen LogP contribution < -0.4 is 0 Å². The molecule has 0 saturated heterocycles. The minimum absolute atomic E-state index is 0.459. The van der Waals surface area contributed by atoms with Gasteiger partial charge in [0.2, 0.25) is 0 Å². The van der Waals surface area contributed by atoms with E-state index in [0.717, 1.165) is 17.1 Å². The lowest BCUT2D eigenvalue weighted by Crippen LogP contribution is -2.00. The number of rotatable bonds is 4. The minimum Gasteiger partial charge on any atom is -0.374 e. The number of aromatic nitrogens is 2. The van der Waals surface area contributed by atoms with Crippen molar-refractivity contribution in [3.63, 3.8) is 0 Å². The molecule has 0 spiro atoms. The fourth-order valence-corrected chi connectivity index (χ4v) is 1.78. The van der Waals surface area contributed by atoms with E-state index in [4.69, 9.17) is 17.0 Å². The van der Waals surface area contributed by atoms with Crippen LogP contribution in [-0.4, -0.2) is 16.6 Å². The van der Waals surface area contributed by atoms with Crippen molar-refractivity contribution in [2.75, 3.05) is 6.61 Å². The zero-order chi connectivity index (χ0) is 12.1. The number of aromatic amines is 1. The van der Waals surface area contributed by atoms with Gasteiger partial charge < -0.3 is 9.72 Å². The third-order valence-corrected chi connectivity index (χ3v) is 2.53. The molecule has 0 atom stereocenters. The van der Waals surface area contributed by atoms with E-state index in [0.29, 0.717) is 17.9 Å². The molecule has 1 aromatic carbocycles. The number of hydrogen-bond donors (Lipinski definition) is 1. The van der Waals surface area contributed by atoms with Crippen molar-refractivity contribution in [3.8, 4) is 11.3 Å². The summed E-state index contributed by atoms with van der Waals surface area (Å²) in [6.45, 7) is 3.08. The van der Waals surface area contributed by atoms with Crippen LogP contribution in [0.5, 0.6) is 0 Å². The predicted octanol–water partition coefficient (Wildman–Crippen LogP) is 3.34. The number of nitrogens with zero attached hydrogens (tertiary/aromatic N) is 1. The summed E-state index contributed by atoms with van der Waals surface area (Å²) >= 11 is 5.15. The van der Waals surface area contributed by atoms with Crippen molar-refractivity contribution in [1.29, 1.82) is 0 Å². The SMILES string of the molecule is CCOCc1nc(=S)cc(-c2ccccc2)[nH]1. The number of H-pyrrole nitrogens is 1. The number of ether oxygens (including phenoxy) is 1. The van der Waals surface area contributed by atoms with E-state index < -0.39 is 0 Å². The summed E-state index contributed by atoms with van der Waals surface area (Å²) in [4.78, 5) is 7.46. The van der Waals surface area contributed by atoms with Crippen LogP contribution in [0.3, 0.4) is 0 Å². The van der Waals surface area contributed by atoms with Crippen LogP contribution in [0, 0.1) is 4.64 Å². The van der Waals surface area contributed by atoms with Gasteiger partial charge in [-0.15, -0.1) is 0 Å². The van der Waals surface area contributed by atoms with Gasteiger partial charge in [0.25, 0.3) is 0 Å². The van der Waals surface area contributed by atoms with Gasteiger partial charge in [0.05, 0.1) is 0 Å². The molecule has 2 rings (SSSR count). The summed E-state index contributed by atoms with van der Waals surface area (Å²) in [7, 11) is 0. The van der Waals surface area contributed by atoms with Gasteiger partial charge in [0, 0.05) is 12.3 Å². The Morgan fingerprint density at radius 1 is 1.29 bits per heavy atom. The van der Waals surface area contributed by atoms with E-state index in [9.17, 15) is 0 Å². The van der Waals surface area contributed by atoms with Crippen LogP contribution in [0.1, 0.15) is 12.7 Å². The Morgan fingerprint density at radius 3 is 2.76 bits per heavy atom. The fraction of sp³-hybridized carbons (Fsp3) is 0.231. The molecule has 0 fully saturated rings. The Kier molecular flexibility index (Phi) is 4.01. The molecule has 0 aliphatic heterocycles. The summed E-state index contributed by atoms with van der Waals surface area (Å²) in [6.07, 6.45) is 0. The lowest BCUT2D eigenvalue weighted by Gasteiger charge is -2.06. The predicted molar refractivity (Wildman–Crippen MR) is 70.2 cm³/mol. The van der Waals surface area contributed by atoms with Gasteiger partial charge in [-0.1, -0.05) is 42.5 Å². The molecule has 17 heavy (non-hydrogen) atoms. The van der Waals surface area contributed by atoms with Crippen molar-refractivity contribution in [3.05, 3.63) is 46.9 Å². The maximum atomic E-state index is 5.33. The smallest absolute Gasteiger partial charge is 0.134 e. The van der Waals surface area contributed by atoms with Crippen molar-refractivity contribution in [2.24, 2.45) is 0 Å². The van der Waals surface area contributed by atoms with Gasteiger partial charge in [0.1, 0.15) is 17.1 Å². The molecule has 2 aromatic rings. The summed E-state index contributed by atoms with van der Waals surface area (Å²) in [5, 5.41) is 0. The Bertz CT molecular complexity index is 537. The van der Waals surface area contributed by atoms with E-state index in [1.165, 1.54) is 0 Å². The van der Waals surface area contributed by atoms with Gasteiger partial charge in [0.15, 0.2) is 0 Å². The Labute approximate surface area is 105 Å². The van der Waals surface area contributed by atoms with Crippen molar-refractivity contribution < 1.29 is 4.74 Å². The number of nitrogens with one attached hydrogen (secondary N) is 1. The highest BCUT2D eigenvalue weighted by atomic mass is 32.1. The topological polar surface area (TPSA) is 37.9 Å².